The highest BCUT2D eigenvalue weighted by molar-refractivity contribution is 6.42. The van der Waals surface area contributed by atoms with Crippen molar-refractivity contribution < 1.29 is 9.53 Å². The molecule has 166 valence electrons. The molecule has 4 nitrogen and oxygen atoms in total. The summed E-state index contributed by atoms with van der Waals surface area (Å²) in [6, 6.07) is 17.7. The van der Waals surface area contributed by atoms with Crippen LogP contribution in [-0.2, 0) is 11.3 Å². The van der Waals surface area contributed by atoms with Crippen molar-refractivity contribution in [3.8, 4) is 11.1 Å². The van der Waals surface area contributed by atoms with Gasteiger partial charge in [0.2, 0.25) is 0 Å². The van der Waals surface area contributed by atoms with Crippen LogP contribution < -0.4 is 5.32 Å². The molecule has 0 aliphatic carbocycles. The summed E-state index contributed by atoms with van der Waals surface area (Å²) in [6.45, 7) is 6.52. The molecule has 3 aromatic carbocycles. The zero-order valence-electron chi connectivity index (χ0n) is 18.0. The van der Waals surface area contributed by atoms with Crippen molar-refractivity contribution >= 4 is 62.7 Å². The number of nitrogens with zero attached hydrogens (tertiary/aromatic N) is 1. The average molecular weight is 490 g/mol. The molecule has 0 spiro atoms. The summed E-state index contributed by atoms with van der Waals surface area (Å²) in [5.74, 6) is 0. The van der Waals surface area contributed by atoms with E-state index in [4.69, 9.17) is 39.5 Å². The Kier molecular flexibility index (Phi) is 6.30. The third-order valence-corrected chi connectivity index (χ3v) is 6.06. The van der Waals surface area contributed by atoms with E-state index in [0.717, 1.165) is 32.9 Å². The molecular weight excluding hydrogens is 467 g/mol. The summed E-state index contributed by atoms with van der Waals surface area (Å²) in [4.78, 5) is 12.1. The lowest BCUT2D eigenvalue weighted by Gasteiger charge is -2.20. The van der Waals surface area contributed by atoms with Gasteiger partial charge in [0.05, 0.1) is 10.0 Å². The fourth-order valence-electron chi connectivity index (χ4n) is 3.75. The molecule has 0 bridgehead atoms. The van der Waals surface area contributed by atoms with Gasteiger partial charge in [0, 0.05) is 39.9 Å². The molecule has 1 aromatic heterocycles. The number of benzene rings is 3. The molecule has 0 fully saturated rings. The van der Waals surface area contributed by atoms with Crippen LogP contribution in [0.4, 0.5) is 4.79 Å². The van der Waals surface area contributed by atoms with Gasteiger partial charge < -0.3 is 14.6 Å². The van der Waals surface area contributed by atoms with Gasteiger partial charge in [0.1, 0.15) is 5.60 Å². The van der Waals surface area contributed by atoms with E-state index >= 15 is 0 Å². The number of rotatable bonds is 4. The Balaban J connectivity index is 1.73. The molecule has 32 heavy (non-hydrogen) atoms. The van der Waals surface area contributed by atoms with E-state index in [1.54, 1.807) is 6.07 Å². The summed E-state index contributed by atoms with van der Waals surface area (Å²) in [7, 11) is 0. The molecule has 1 N–H and O–H groups in total. The lowest BCUT2D eigenvalue weighted by molar-refractivity contribution is 0.0526. The number of hydrogen-bond donors (Lipinski definition) is 1. The van der Waals surface area contributed by atoms with Gasteiger partial charge in [-0.15, -0.1) is 0 Å². The molecule has 4 aromatic rings. The number of aromatic nitrogens is 1. The number of fused-ring (bicyclic) bond motifs is 3. The first-order chi connectivity index (χ1) is 15.1. The van der Waals surface area contributed by atoms with Crippen molar-refractivity contribution in [2.24, 2.45) is 0 Å². The Bertz CT molecular complexity index is 1320. The number of amides is 1. The number of nitrogens with one attached hydrogen (secondary N) is 1. The number of carbonyl (C=O) groups excluding carboxylic acids is 1. The Morgan fingerprint density at radius 2 is 1.59 bits per heavy atom. The van der Waals surface area contributed by atoms with Gasteiger partial charge in [-0.05, 0) is 68.3 Å². The van der Waals surface area contributed by atoms with Crippen LogP contribution in [0.15, 0.2) is 54.6 Å². The molecule has 7 heteroatoms. The SMILES string of the molecule is CC(C)(C)OC(=O)NCCn1c2ccc(Cl)cc2c2ccc(-c3ccc(Cl)c(Cl)c3)cc21. The number of hydrogen-bond acceptors (Lipinski definition) is 2. The van der Waals surface area contributed by atoms with Gasteiger partial charge in [-0.25, -0.2) is 4.79 Å². The predicted molar refractivity (Wildman–Crippen MR) is 134 cm³/mol. The van der Waals surface area contributed by atoms with Crippen molar-refractivity contribution in [1.82, 2.24) is 9.88 Å². The molecule has 0 atom stereocenters. The maximum Gasteiger partial charge on any atom is 0.407 e. The number of halogens is 3. The van der Waals surface area contributed by atoms with E-state index in [2.05, 4.69) is 28.1 Å². The second kappa shape index (κ2) is 8.86. The Labute approximate surface area is 202 Å². The summed E-state index contributed by atoms with van der Waals surface area (Å²) in [6.07, 6.45) is -0.433. The predicted octanol–water partition coefficient (Wildman–Crippen LogP) is 7.95. The largest absolute Gasteiger partial charge is 0.444 e. The molecule has 0 unspecified atom stereocenters. The number of ether oxygens (including phenoxy) is 1. The number of alkyl carbamates (subject to hydrolysis) is 1. The van der Waals surface area contributed by atoms with E-state index in [-0.39, 0.29) is 0 Å². The standard InChI is InChI=1S/C25H23Cl3N2O2/c1-25(2,3)32-24(31)29-10-11-30-22-9-6-17(26)14-19(22)18-7-4-16(13-23(18)30)15-5-8-20(27)21(28)12-15/h4-9,12-14H,10-11H2,1-3H3,(H,29,31). The van der Waals surface area contributed by atoms with Crippen LogP contribution in [0, 0.1) is 0 Å². The molecule has 0 radical (unpaired) electrons. The topological polar surface area (TPSA) is 43.3 Å². The van der Waals surface area contributed by atoms with E-state index in [0.29, 0.717) is 28.2 Å². The number of carbonyl (C=O) groups is 1. The summed E-state index contributed by atoms with van der Waals surface area (Å²) >= 11 is 18.6. The van der Waals surface area contributed by atoms with Crippen LogP contribution >= 0.6 is 34.8 Å². The van der Waals surface area contributed by atoms with Crippen LogP contribution in [0.25, 0.3) is 32.9 Å². The summed E-state index contributed by atoms with van der Waals surface area (Å²) in [5, 5.41) is 6.70. The van der Waals surface area contributed by atoms with Crippen LogP contribution in [0.2, 0.25) is 15.1 Å². The minimum absolute atomic E-state index is 0.424. The van der Waals surface area contributed by atoms with Crippen molar-refractivity contribution in [3.05, 3.63) is 69.7 Å². The highest BCUT2D eigenvalue weighted by atomic mass is 35.5. The monoisotopic (exact) mass is 488 g/mol. The Hall–Kier alpha value is -2.40. The maximum absolute atomic E-state index is 12.1. The smallest absolute Gasteiger partial charge is 0.407 e. The highest BCUT2D eigenvalue weighted by Crippen LogP contribution is 2.35. The summed E-state index contributed by atoms with van der Waals surface area (Å²) < 4.78 is 7.53. The van der Waals surface area contributed by atoms with Crippen LogP contribution in [0.5, 0.6) is 0 Å². The molecule has 1 heterocycles. The lowest BCUT2D eigenvalue weighted by atomic mass is 10.0. The average Bonchev–Trinajstić information content (AvgIpc) is 3.01. The van der Waals surface area contributed by atoms with Gasteiger partial charge in [0.25, 0.3) is 0 Å². The first kappa shape index (κ1) is 22.8. The van der Waals surface area contributed by atoms with Gasteiger partial charge in [-0.3, -0.25) is 0 Å². The molecule has 4 rings (SSSR count). The minimum atomic E-state index is -0.539. The fourth-order valence-corrected chi connectivity index (χ4v) is 4.22. The molecule has 0 saturated heterocycles. The van der Waals surface area contributed by atoms with Gasteiger partial charge >= 0.3 is 6.09 Å². The quantitative estimate of drug-likeness (QED) is 0.316. The first-order valence-corrected chi connectivity index (χ1v) is 11.4. The van der Waals surface area contributed by atoms with Crippen LogP contribution in [0.1, 0.15) is 20.8 Å². The molecule has 0 saturated carbocycles. The minimum Gasteiger partial charge on any atom is -0.444 e. The molecular formula is C25H23Cl3N2O2. The van der Waals surface area contributed by atoms with Gasteiger partial charge in [-0.1, -0.05) is 53.0 Å². The third-order valence-electron chi connectivity index (χ3n) is 5.08. The van der Waals surface area contributed by atoms with E-state index in [1.807, 2.05) is 51.1 Å². The van der Waals surface area contributed by atoms with Gasteiger partial charge in [-0.2, -0.15) is 0 Å². The van der Waals surface area contributed by atoms with Crippen molar-refractivity contribution in [3.63, 3.8) is 0 Å². The van der Waals surface area contributed by atoms with E-state index in [1.165, 1.54) is 0 Å². The van der Waals surface area contributed by atoms with Crippen LogP contribution in [0.3, 0.4) is 0 Å². The first-order valence-electron chi connectivity index (χ1n) is 10.3. The van der Waals surface area contributed by atoms with E-state index < -0.39 is 11.7 Å². The molecule has 0 aliphatic heterocycles. The molecule has 0 aliphatic rings. The van der Waals surface area contributed by atoms with Crippen molar-refractivity contribution in [2.45, 2.75) is 32.9 Å². The van der Waals surface area contributed by atoms with Crippen molar-refractivity contribution in [2.75, 3.05) is 6.54 Å². The third kappa shape index (κ3) is 4.83. The zero-order valence-corrected chi connectivity index (χ0v) is 20.3. The molecule has 1 amide bonds. The van der Waals surface area contributed by atoms with E-state index in [9.17, 15) is 4.79 Å². The normalized spacial score (nSPS) is 11.8. The lowest BCUT2D eigenvalue weighted by Crippen LogP contribution is -2.34. The zero-order chi connectivity index (χ0) is 23.0. The van der Waals surface area contributed by atoms with Crippen LogP contribution in [-0.4, -0.2) is 22.8 Å². The van der Waals surface area contributed by atoms with Crippen molar-refractivity contribution in [1.29, 1.82) is 0 Å². The second-order valence-electron chi connectivity index (χ2n) is 8.60. The van der Waals surface area contributed by atoms with Gasteiger partial charge in [0.15, 0.2) is 0 Å². The highest BCUT2D eigenvalue weighted by Gasteiger charge is 2.17. The maximum atomic E-state index is 12.1. The summed E-state index contributed by atoms with van der Waals surface area (Å²) in [5.41, 5.74) is 3.54. The second-order valence-corrected chi connectivity index (χ2v) is 9.85. The Morgan fingerprint density at radius 3 is 2.31 bits per heavy atom. The Morgan fingerprint density at radius 1 is 0.875 bits per heavy atom. The fraction of sp³-hybridized carbons (Fsp3) is 0.240.